The van der Waals surface area contributed by atoms with Gasteiger partial charge in [0.05, 0.1) is 0 Å². The van der Waals surface area contributed by atoms with Gasteiger partial charge in [-0.1, -0.05) is 6.92 Å². The molecule has 2 saturated heterocycles. The standard InChI is InChI=1S/C17H23FN2O/c1-2-16-15-8-19-7-12(15)9-20(16)10-14-6-11-5-13(18)3-4-17(11)21-14/h3-5,12,14-16,19H,2,6-10H2,1H3. The van der Waals surface area contributed by atoms with Crippen molar-refractivity contribution in [2.75, 3.05) is 26.2 Å². The molecule has 1 aromatic rings. The maximum Gasteiger partial charge on any atom is 0.123 e. The van der Waals surface area contributed by atoms with E-state index in [0.717, 1.165) is 49.2 Å². The summed E-state index contributed by atoms with van der Waals surface area (Å²) in [5, 5.41) is 3.52. The molecule has 3 heterocycles. The van der Waals surface area contributed by atoms with Crippen molar-refractivity contribution in [3.63, 3.8) is 0 Å². The molecule has 1 aromatic carbocycles. The second kappa shape index (κ2) is 5.25. The van der Waals surface area contributed by atoms with Gasteiger partial charge in [-0.05, 0) is 49.5 Å². The van der Waals surface area contributed by atoms with Gasteiger partial charge in [-0.3, -0.25) is 4.90 Å². The van der Waals surface area contributed by atoms with Gasteiger partial charge in [0.2, 0.25) is 0 Å². The van der Waals surface area contributed by atoms with Crippen molar-refractivity contribution < 1.29 is 9.13 Å². The third kappa shape index (κ3) is 2.34. The van der Waals surface area contributed by atoms with Gasteiger partial charge >= 0.3 is 0 Å². The fraction of sp³-hybridized carbons (Fsp3) is 0.647. The molecule has 1 N–H and O–H groups in total. The van der Waals surface area contributed by atoms with Crippen LogP contribution in [0.2, 0.25) is 0 Å². The molecule has 4 unspecified atom stereocenters. The van der Waals surface area contributed by atoms with Crippen LogP contribution in [0, 0.1) is 17.7 Å². The Bertz CT molecular complexity index is 536. The van der Waals surface area contributed by atoms with Gasteiger partial charge in [0.1, 0.15) is 17.7 Å². The minimum absolute atomic E-state index is 0.161. The van der Waals surface area contributed by atoms with E-state index in [1.54, 1.807) is 12.1 Å². The molecule has 4 atom stereocenters. The first-order valence-electron chi connectivity index (χ1n) is 8.14. The number of likely N-dealkylation sites (tertiary alicyclic amines) is 1. The zero-order chi connectivity index (χ0) is 14.4. The lowest BCUT2D eigenvalue weighted by Crippen LogP contribution is -2.41. The lowest BCUT2D eigenvalue weighted by Gasteiger charge is -2.28. The van der Waals surface area contributed by atoms with E-state index in [1.165, 1.54) is 19.0 Å². The van der Waals surface area contributed by atoms with Crippen molar-refractivity contribution in [2.24, 2.45) is 11.8 Å². The molecular formula is C17H23FN2O. The van der Waals surface area contributed by atoms with E-state index in [9.17, 15) is 4.39 Å². The van der Waals surface area contributed by atoms with Crippen LogP contribution in [0.5, 0.6) is 5.75 Å². The summed E-state index contributed by atoms with van der Waals surface area (Å²) in [6.45, 7) is 6.77. The summed E-state index contributed by atoms with van der Waals surface area (Å²) in [5.41, 5.74) is 1.02. The zero-order valence-electron chi connectivity index (χ0n) is 12.5. The van der Waals surface area contributed by atoms with Crippen molar-refractivity contribution in [3.8, 4) is 5.75 Å². The van der Waals surface area contributed by atoms with Crippen LogP contribution >= 0.6 is 0 Å². The normalized spacial score (nSPS) is 34.8. The average molecular weight is 290 g/mol. The number of hydrogen-bond acceptors (Lipinski definition) is 3. The van der Waals surface area contributed by atoms with Crippen LogP contribution in [0.3, 0.4) is 0 Å². The molecule has 0 saturated carbocycles. The lowest BCUT2D eigenvalue weighted by molar-refractivity contribution is 0.129. The third-order valence-electron chi connectivity index (χ3n) is 5.44. The molecule has 4 heteroatoms. The molecule has 114 valence electrons. The minimum Gasteiger partial charge on any atom is -0.488 e. The van der Waals surface area contributed by atoms with E-state index < -0.39 is 0 Å². The van der Waals surface area contributed by atoms with E-state index >= 15 is 0 Å². The van der Waals surface area contributed by atoms with Gasteiger partial charge in [0, 0.05) is 31.1 Å². The number of halogens is 1. The highest BCUT2D eigenvalue weighted by Gasteiger charge is 2.44. The molecule has 4 rings (SSSR count). The van der Waals surface area contributed by atoms with Gasteiger partial charge < -0.3 is 10.1 Å². The molecule has 0 spiro atoms. The molecule has 0 aromatic heterocycles. The number of nitrogens with zero attached hydrogens (tertiary/aromatic N) is 1. The molecular weight excluding hydrogens is 267 g/mol. The fourth-order valence-electron chi connectivity index (χ4n) is 4.53. The van der Waals surface area contributed by atoms with Gasteiger partial charge in [-0.25, -0.2) is 4.39 Å². The van der Waals surface area contributed by atoms with Crippen molar-refractivity contribution in [1.29, 1.82) is 0 Å². The summed E-state index contributed by atoms with van der Waals surface area (Å²) in [5.74, 6) is 2.31. The Morgan fingerprint density at radius 3 is 3.14 bits per heavy atom. The van der Waals surface area contributed by atoms with Crippen LogP contribution in [0.4, 0.5) is 4.39 Å². The number of benzene rings is 1. The molecule has 21 heavy (non-hydrogen) atoms. The largest absolute Gasteiger partial charge is 0.488 e. The van der Waals surface area contributed by atoms with Crippen LogP contribution in [0.25, 0.3) is 0 Å². The summed E-state index contributed by atoms with van der Waals surface area (Å²) >= 11 is 0. The van der Waals surface area contributed by atoms with Gasteiger partial charge in [0.15, 0.2) is 0 Å². The van der Waals surface area contributed by atoms with E-state index in [2.05, 4.69) is 17.1 Å². The summed E-state index contributed by atoms with van der Waals surface area (Å²) < 4.78 is 19.3. The van der Waals surface area contributed by atoms with Crippen LogP contribution in [0.1, 0.15) is 18.9 Å². The molecule has 3 aliphatic rings. The smallest absolute Gasteiger partial charge is 0.123 e. The van der Waals surface area contributed by atoms with Crippen LogP contribution in [0.15, 0.2) is 18.2 Å². The van der Waals surface area contributed by atoms with E-state index in [0.29, 0.717) is 6.04 Å². The van der Waals surface area contributed by atoms with Gasteiger partial charge in [-0.2, -0.15) is 0 Å². The Morgan fingerprint density at radius 1 is 1.38 bits per heavy atom. The highest BCUT2D eigenvalue weighted by atomic mass is 19.1. The Labute approximate surface area is 125 Å². The monoisotopic (exact) mass is 290 g/mol. The summed E-state index contributed by atoms with van der Waals surface area (Å²) in [4.78, 5) is 2.61. The first-order valence-corrected chi connectivity index (χ1v) is 8.14. The van der Waals surface area contributed by atoms with Gasteiger partial charge in [-0.15, -0.1) is 0 Å². The minimum atomic E-state index is -0.161. The number of nitrogens with one attached hydrogen (secondary N) is 1. The van der Waals surface area contributed by atoms with Crippen molar-refractivity contribution >= 4 is 0 Å². The number of rotatable bonds is 3. The number of ether oxygens (including phenoxy) is 1. The highest BCUT2D eigenvalue weighted by Crippen LogP contribution is 2.36. The maximum atomic E-state index is 13.3. The highest BCUT2D eigenvalue weighted by molar-refractivity contribution is 5.38. The predicted molar refractivity (Wildman–Crippen MR) is 80.0 cm³/mol. The zero-order valence-corrected chi connectivity index (χ0v) is 12.5. The Balaban J connectivity index is 1.43. The first-order chi connectivity index (χ1) is 10.2. The number of fused-ring (bicyclic) bond motifs is 2. The second-order valence-electron chi connectivity index (χ2n) is 6.71. The van der Waals surface area contributed by atoms with E-state index in [-0.39, 0.29) is 11.9 Å². The fourth-order valence-corrected chi connectivity index (χ4v) is 4.53. The summed E-state index contributed by atoms with van der Waals surface area (Å²) in [6.07, 6.45) is 2.23. The SMILES string of the molecule is CCC1C2CNCC2CN1CC1Cc2cc(F)ccc2O1. The molecule has 2 fully saturated rings. The number of hydrogen-bond donors (Lipinski definition) is 1. The molecule has 3 aliphatic heterocycles. The molecule has 0 radical (unpaired) electrons. The second-order valence-corrected chi connectivity index (χ2v) is 6.71. The third-order valence-corrected chi connectivity index (χ3v) is 5.44. The Morgan fingerprint density at radius 2 is 2.29 bits per heavy atom. The topological polar surface area (TPSA) is 24.5 Å². The predicted octanol–water partition coefficient (Wildman–Crippen LogP) is 2.06. The summed E-state index contributed by atoms with van der Waals surface area (Å²) in [7, 11) is 0. The molecule has 0 amide bonds. The Kier molecular flexibility index (Phi) is 3.38. The molecule has 0 bridgehead atoms. The van der Waals surface area contributed by atoms with E-state index in [1.807, 2.05) is 0 Å². The molecule has 0 aliphatic carbocycles. The van der Waals surface area contributed by atoms with Crippen molar-refractivity contribution in [1.82, 2.24) is 10.2 Å². The van der Waals surface area contributed by atoms with Crippen LogP contribution in [-0.4, -0.2) is 43.2 Å². The van der Waals surface area contributed by atoms with Crippen molar-refractivity contribution in [3.05, 3.63) is 29.6 Å². The van der Waals surface area contributed by atoms with E-state index in [4.69, 9.17) is 4.74 Å². The van der Waals surface area contributed by atoms with Gasteiger partial charge in [0.25, 0.3) is 0 Å². The quantitative estimate of drug-likeness (QED) is 0.922. The average Bonchev–Trinajstić information content (AvgIpc) is 3.11. The lowest BCUT2D eigenvalue weighted by atomic mass is 9.93. The molecule has 3 nitrogen and oxygen atoms in total. The van der Waals surface area contributed by atoms with Crippen molar-refractivity contribution in [2.45, 2.75) is 31.9 Å². The maximum absolute atomic E-state index is 13.3. The van der Waals surface area contributed by atoms with Crippen LogP contribution in [-0.2, 0) is 6.42 Å². The van der Waals surface area contributed by atoms with Crippen LogP contribution < -0.4 is 10.1 Å². The first kappa shape index (κ1) is 13.5. The summed E-state index contributed by atoms with van der Waals surface area (Å²) in [6, 6.07) is 5.55. The Hall–Kier alpha value is -1.13.